The summed E-state index contributed by atoms with van der Waals surface area (Å²) in [6.07, 6.45) is -0.0946. The second-order valence-electron chi connectivity index (χ2n) is 6.10. The second kappa shape index (κ2) is 8.44. The summed E-state index contributed by atoms with van der Waals surface area (Å²) >= 11 is 0. The molecule has 0 fully saturated rings. The van der Waals surface area contributed by atoms with E-state index >= 15 is 0 Å². The largest absolute Gasteiger partial charge is 0.399 e. The van der Waals surface area contributed by atoms with Crippen LogP contribution in [0.25, 0.3) is 0 Å². The Labute approximate surface area is 149 Å². The fraction of sp³-hybridized carbons (Fsp3) is 0.143. The van der Waals surface area contributed by atoms with Gasteiger partial charge in [-0.3, -0.25) is 11.2 Å². The Morgan fingerprint density at radius 3 is 2.12 bits per heavy atom. The van der Waals surface area contributed by atoms with Crippen molar-refractivity contribution in [3.8, 4) is 0 Å². The Morgan fingerprint density at radius 1 is 0.800 bits per heavy atom. The first-order valence-corrected chi connectivity index (χ1v) is 8.40. The first-order valence-electron chi connectivity index (χ1n) is 8.40. The van der Waals surface area contributed by atoms with Crippen molar-refractivity contribution in [2.24, 2.45) is 5.84 Å². The van der Waals surface area contributed by atoms with Gasteiger partial charge in [-0.2, -0.15) is 0 Å². The van der Waals surface area contributed by atoms with E-state index in [1.165, 1.54) is 5.56 Å². The smallest absolute Gasteiger partial charge is 0.0996 e. The van der Waals surface area contributed by atoms with Crippen molar-refractivity contribution in [1.82, 2.24) is 10.3 Å². The molecule has 0 spiro atoms. The third kappa shape index (κ3) is 4.90. The molecule has 0 saturated carbocycles. The molecule has 0 heterocycles. The number of benzene rings is 3. The Bertz CT molecular complexity index is 774. The van der Waals surface area contributed by atoms with E-state index in [2.05, 4.69) is 35.6 Å². The molecule has 4 nitrogen and oxygen atoms in total. The zero-order valence-electron chi connectivity index (χ0n) is 14.2. The molecule has 4 heteroatoms. The molecule has 1 atom stereocenters. The summed E-state index contributed by atoms with van der Waals surface area (Å²) in [6.45, 7) is 1.34. The Balaban J connectivity index is 1.75. The van der Waals surface area contributed by atoms with Crippen LogP contribution in [-0.2, 0) is 13.1 Å². The van der Waals surface area contributed by atoms with Gasteiger partial charge in [0.1, 0.15) is 0 Å². The molecule has 0 radical (unpaired) electrons. The SMILES string of the molecule is Nc1cccc(CN[C@@H](c2ccccc2)N(N)Cc2ccccc2)c1. The molecule has 3 rings (SSSR count). The molecule has 3 aromatic rings. The Hall–Kier alpha value is -2.66. The molecule has 0 aliphatic carbocycles. The molecule has 0 aromatic heterocycles. The van der Waals surface area contributed by atoms with Gasteiger partial charge in [0.25, 0.3) is 0 Å². The van der Waals surface area contributed by atoms with Gasteiger partial charge in [0.2, 0.25) is 0 Å². The molecule has 3 aromatic carbocycles. The van der Waals surface area contributed by atoms with Crippen LogP contribution in [0.5, 0.6) is 0 Å². The zero-order valence-corrected chi connectivity index (χ0v) is 14.2. The summed E-state index contributed by atoms with van der Waals surface area (Å²) in [4.78, 5) is 0. The normalized spacial score (nSPS) is 12.2. The summed E-state index contributed by atoms with van der Waals surface area (Å²) in [5, 5.41) is 5.38. The first kappa shape index (κ1) is 17.2. The average Bonchev–Trinajstić information content (AvgIpc) is 2.64. The number of hydrogen-bond acceptors (Lipinski definition) is 4. The highest BCUT2D eigenvalue weighted by atomic mass is 15.5. The van der Waals surface area contributed by atoms with Gasteiger partial charge in [-0.25, -0.2) is 5.01 Å². The lowest BCUT2D eigenvalue weighted by Gasteiger charge is -2.29. The van der Waals surface area contributed by atoms with Crippen LogP contribution in [0.1, 0.15) is 22.9 Å². The average molecular weight is 332 g/mol. The molecule has 0 aliphatic rings. The monoisotopic (exact) mass is 332 g/mol. The molecule has 0 bridgehead atoms. The van der Waals surface area contributed by atoms with Gasteiger partial charge in [-0.05, 0) is 28.8 Å². The maximum atomic E-state index is 6.42. The molecule has 25 heavy (non-hydrogen) atoms. The number of hydrazine groups is 1. The fourth-order valence-electron chi connectivity index (χ4n) is 2.87. The van der Waals surface area contributed by atoms with Crippen LogP contribution in [-0.4, -0.2) is 5.01 Å². The molecule has 0 unspecified atom stereocenters. The van der Waals surface area contributed by atoms with Crippen LogP contribution >= 0.6 is 0 Å². The molecule has 0 aliphatic heterocycles. The molecular formula is C21H24N4. The number of nitrogens with two attached hydrogens (primary N) is 2. The van der Waals surface area contributed by atoms with Crippen molar-refractivity contribution in [1.29, 1.82) is 0 Å². The highest BCUT2D eigenvalue weighted by Gasteiger charge is 2.17. The first-order chi connectivity index (χ1) is 12.2. The minimum absolute atomic E-state index is 0.0946. The lowest BCUT2D eigenvalue weighted by molar-refractivity contribution is 0.158. The van der Waals surface area contributed by atoms with Crippen molar-refractivity contribution in [3.63, 3.8) is 0 Å². The molecule has 128 valence electrons. The van der Waals surface area contributed by atoms with E-state index < -0.39 is 0 Å². The van der Waals surface area contributed by atoms with Gasteiger partial charge in [-0.1, -0.05) is 72.8 Å². The summed E-state index contributed by atoms with van der Waals surface area (Å²) < 4.78 is 0. The predicted octanol–water partition coefficient (Wildman–Crippen LogP) is 3.43. The van der Waals surface area contributed by atoms with Crippen molar-refractivity contribution in [3.05, 3.63) is 102 Å². The third-order valence-corrected chi connectivity index (χ3v) is 4.11. The molecule has 0 saturated heterocycles. The Kier molecular flexibility index (Phi) is 5.80. The summed E-state index contributed by atoms with van der Waals surface area (Å²) in [5.74, 6) is 6.42. The van der Waals surface area contributed by atoms with E-state index in [1.54, 1.807) is 0 Å². The molecule has 5 N–H and O–H groups in total. The highest BCUT2D eigenvalue weighted by Crippen LogP contribution is 2.18. The fourth-order valence-corrected chi connectivity index (χ4v) is 2.87. The van der Waals surface area contributed by atoms with E-state index in [9.17, 15) is 0 Å². The summed E-state index contributed by atoms with van der Waals surface area (Å²) in [7, 11) is 0. The van der Waals surface area contributed by atoms with E-state index in [4.69, 9.17) is 11.6 Å². The zero-order chi connectivity index (χ0) is 17.5. The minimum Gasteiger partial charge on any atom is -0.399 e. The summed E-state index contributed by atoms with van der Waals surface area (Å²) in [5.41, 5.74) is 10.1. The van der Waals surface area contributed by atoms with Gasteiger partial charge in [0.15, 0.2) is 0 Å². The van der Waals surface area contributed by atoms with E-state index in [0.717, 1.165) is 16.8 Å². The van der Waals surface area contributed by atoms with Crippen LogP contribution in [0.4, 0.5) is 5.69 Å². The number of nitrogens with zero attached hydrogens (tertiary/aromatic N) is 1. The van der Waals surface area contributed by atoms with Crippen LogP contribution in [0, 0.1) is 0 Å². The summed E-state index contributed by atoms with van der Waals surface area (Å²) in [6, 6.07) is 28.4. The third-order valence-electron chi connectivity index (χ3n) is 4.11. The standard InChI is InChI=1S/C21H24N4/c22-20-13-7-10-18(14-20)15-24-21(19-11-5-2-6-12-19)25(23)16-17-8-3-1-4-9-17/h1-14,21,24H,15-16,22-23H2/t21-/m1/s1. The molecule has 0 amide bonds. The maximum absolute atomic E-state index is 6.42. The van der Waals surface area contributed by atoms with Crippen LogP contribution in [0.3, 0.4) is 0 Å². The van der Waals surface area contributed by atoms with Crippen molar-refractivity contribution >= 4 is 5.69 Å². The number of anilines is 1. The molecular weight excluding hydrogens is 308 g/mol. The number of nitrogen functional groups attached to an aromatic ring is 1. The van der Waals surface area contributed by atoms with Crippen molar-refractivity contribution < 1.29 is 0 Å². The van der Waals surface area contributed by atoms with Gasteiger partial charge in [0, 0.05) is 18.8 Å². The van der Waals surface area contributed by atoms with Gasteiger partial charge < -0.3 is 5.73 Å². The Morgan fingerprint density at radius 2 is 1.44 bits per heavy atom. The number of hydrogen-bond donors (Lipinski definition) is 3. The number of nitrogens with one attached hydrogen (secondary N) is 1. The van der Waals surface area contributed by atoms with E-state index in [0.29, 0.717) is 13.1 Å². The topological polar surface area (TPSA) is 67.3 Å². The van der Waals surface area contributed by atoms with E-state index in [-0.39, 0.29) is 6.17 Å². The van der Waals surface area contributed by atoms with Gasteiger partial charge in [-0.15, -0.1) is 0 Å². The van der Waals surface area contributed by atoms with E-state index in [1.807, 2.05) is 59.6 Å². The minimum atomic E-state index is -0.0946. The lowest BCUT2D eigenvalue weighted by atomic mass is 10.1. The van der Waals surface area contributed by atoms with Gasteiger partial charge >= 0.3 is 0 Å². The van der Waals surface area contributed by atoms with Crippen LogP contribution in [0.2, 0.25) is 0 Å². The quantitative estimate of drug-likeness (QED) is 0.268. The number of rotatable bonds is 7. The van der Waals surface area contributed by atoms with Crippen LogP contribution in [0.15, 0.2) is 84.9 Å². The van der Waals surface area contributed by atoms with Crippen molar-refractivity contribution in [2.45, 2.75) is 19.3 Å². The maximum Gasteiger partial charge on any atom is 0.0996 e. The van der Waals surface area contributed by atoms with Crippen molar-refractivity contribution in [2.75, 3.05) is 5.73 Å². The lowest BCUT2D eigenvalue weighted by Crippen LogP contribution is -2.42. The predicted molar refractivity (Wildman–Crippen MR) is 103 cm³/mol. The van der Waals surface area contributed by atoms with Gasteiger partial charge in [0.05, 0.1) is 6.17 Å². The highest BCUT2D eigenvalue weighted by molar-refractivity contribution is 5.40. The van der Waals surface area contributed by atoms with Crippen LogP contribution < -0.4 is 16.9 Å². The second-order valence-corrected chi connectivity index (χ2v) is 6.10.